The molecule has 1 amide bonds. The Morgan fingerprint density at radius 1 is 1.24 bits per heavy atom. The van der Waals surface area contributed by atoms with E-state index >= 15 is 0 Å². The second kappa shape index (κ2) is 7.28. The van der Waals surface area contributed by atoms with Gasteiger partial charge in [0.25, 0.3) is 0 Å². The van der Waals surface area contributed by atoms with Crippen molar-refractivity contribution in [3.05, 3.63) is 64.2 Å². The highest BCUT2D eigenvalue weighted by Gasteiger charge is 2.17. The summed E-state index contributed by atoms with van der Waals surface area (Å²) >= 11 is 6.43. The first-order chi connectivity index (χ1) is 12.0. The molecule has 5 heteroatoms. The van der Waals surface area contributed by atoms with Gasteiger partial charge in [0.1, 0.15) is 10.9 Å². The van der Waals surface area contributed by atoms with Gasteiger partial charge >= 0.3 is 0 Å². The van der Waals surface area contributed by atoms with E-state index in [2.05, 4.69) is 18.0 Å². The van der Waals surface area contributed by atoms with Crippen molar-refractivity contribution in [1.29, 1.82) is 0 Å². The highest BCUT2D eigenvalue weighted by atomic mass is 35.5. The molecule has 25 heavy (non-hydrogen) atoms. The van der Waals surface area contributed by atoms with Crippen LogP contribution in [0.25, 0.3) is 10.9 Å². The number of hydrogen-bond donors (Lipinski definition) is 0. The summed E-state index contributed by atoms with van der Waals surface area (Å²) in [5.41, 5.74) is 4.06. The number of aryl methyl sites for hydroxylation is 2. The first-order valence-corrected chi connectivity index (χ1v) is 8.73. The molecule has 2 heterocycles. The zero-order chi connectivity index (χ0) is 18.0. The summed E-state index contributed by atoms with van der Waals surface area (Å²) in [7, 11) is 0. The number of benzene rings is 1. The van der Waals surface area contributed by atoms with Crippen LogP contribution in [-0.2, 0) is 17.9 Å². The first kappa shape index (κ1) is 17.5. The van der Waals surface area contributed by atoms with Crippen molar-refractivity contribution < 1.29 is 9.21 Å². The Morgan fingerprint density at radius 2 is 2.04 bits per heavy atom. The third-order valence-corrected chi connectivity index (χ3v) is 4.81. The Kier molecular flexibility index (Phi) is 5.09. The second-order valence-corrected chi connectivity index (χ2v) is 6.56. The van der Waals surface area contributed by atoms with E-state index in [-0.39, 0.29) is 5.91 Å². The van der Waals surface area contributed by atoms with Crippen molar-refractivity contribution >= 4 is 28.4 Å². The van der Waals surface area contributed by atoms with Crippen molar-refractivity contribution in [1.82, 2.24) is 9.88 Å². The van der Waals surface area contributed by atoms with Gasteiger partial charge in [0.2, 0.25) is 5.91 Å². The number of fused-ring (bicyclic) bond motifs is 1. The van der Waals surface area contributed by atoms with E-state index < -0.39 is 0 Å². The van der Waals surface area contributed by atoms with Gasteiger partial charge in [-0.3, -0.25) is 4.79 Å². The molecule has 3 aromatic rings. The Labute approximate surface area is 152 Å². The van der Waals surface area contributed by atoms with E-state index in [4.69, 9.17) is 16.0 Å². The Bertz CT molecular complexity index is 904. The molecule has 0 unspecified atom stereocenters. The lowest BCUT2D eigenvalue weighted by Crippen LogP contribution is -2.29. The predicted molar refractivity (Wildman–Crippen MR) is 99.5 cm³/mol. The zero-order valence-corrected chi connectivity index (χ0v) is 15.4. The number of halogens is 1. The minimum Gasteiger partial charge on any atom is -0.467 e. The summed E-state index contributed by atoms with van der Waals surface area (Å²) < 4.78 is 5.38. The van der Waals surface area contributed by atoms with Crippen LogP contribution < -0.4 is 0 Å². The average molecular weight is 357 g/mol. The Hall–Kier alpha value is -2.33. The molecule has 0 atom stereocenters. The number of rotatable bonds is 5. The number of carbonyl (C=O) groups is 1. The van der Waals surface area contributed by atoms with Crippen molar-refractivity contribution in [3.63, 3.8) is 0 Å². The summed E-state index contributed by atoms with van der Waals surface area (Å²) in [5, 5.41) is 1.47. The van der Waals surface area contributed by atoms with Gasteiger partial charge in [0.05, 0.1) is 18.3 Å². The summed E-state index contributed by atoms with van der Waals surface area (Å²) in [4.78, 5) is 18.7. The van der Waals surface area contributed by atoms with Crippen LogP contribution in [0.2, 0.25) is 5.15 Å². The number of aromatic nitrogens is 1. The molecule has 0 bridgehead atoms. The predicted octanol–water partition coefficient (Wildman–Crippen LogP) is 5.04. The number of pyridine rings is 1. The molecule has 0 aliphatic heterocycles. The van der Waals surface area contributed by atoms with Gasteiger partial charge in [-0.25, -0.2) is 4.98 Å². The summed E-state index contributed by atoms with van der Waals surface area (Å²) in [6.45, 7) is 6.78. The van der Waals surface area contributed by atoms with Crippen LogP contribution >= 0.6 is 11.6 Å². The molecule has 0 aliphatic rings. The topological polar surface area (TPSA) is 46.3 Å². The number of carbonyl (C=O) groups excluding carboxylic acids is 1. The number of nitrogens with zero attached hydrogens (tertiary/aromatic N) is 2. The molecule has 0 radical (unpaired) electrons. The lowest BCUT2D eigenvalue weighted by Gasteiger charge is -2.22. The van der Waals surface area contributed by atoms with E-state index in [9.17, 15) is 4.79 Å². The van der Waals surface area contributed by atoms with Crippen LogP contribution in [0, 0.1) is 13.8 Å². The van der Waals surface area contributed by atoms with Crippen molar-refractivity contribution in [2.45, 2.75) is 40.3 Å². The van der Waals surface area contributed by atoms with Gasteiger partial charge in [-0.1, -0.05) is 30.7 Å². The molecule has 0 aliphatic carbocycles. The molecular formula is C20H21ClN2O2. The standard InChI is InChI=1S/C20H21ClN2O2/c1-4-18(24)23(12-17-6-5-9-25-17)11-16-10-15-8-7-13(2)14(3)19(15)22-20(16)21/h5-10H,4,11-12H2,1-3H3. The molecule has 1 aromatic carbocycles. The molecule has 0 spiro atoms. The largest absolute Gasteiger partial charge is 0.467 e. The van der Waals surface area contributed by atoms with E-state index in [1.54, 1.807) is 11.2 Å². The van der Waals surface area contributed by atoms with Gasteiger partial charge < -0.3 is 9.32 Å². The van der Waals surface area contributed by atoms with Gasteiger partial charge in [0.15, 0.2) is 0 Å². The highest BCUT2D eigenvalue weighted by Crippen LogP contribution is 2.26. The maximum Gasteiger partial charge on any atom is 0.222 e. The Morgan fingerprint density at radius 3 is 2.72 bits per heavy atom. The molecule has 2 aromatic heterocycles. The molecule has 0 saturated carbocycles. The fraction of sp³-hybridized carbons (Fsp3) is 0.300. The van der Waals surface area contributed by atoms with Crippen molar-refractivity contribution in [2.24, 2.45) is 0 Å². The van der Waals surface area contributed by atoms with Crippen LogP contribution in [0.3, 0.4) is 0 Å². The monoisotopic (exact) mass is 356 g/mol. The average Bonchev–Trinajstić information content (AvgIpc) is 3.11. The normalized spacial score (nSPS) is 11.0. The SMILES string of the molecule is CCC(=O)N(Cc1ccco1)Cc1cc2ccc(C)c(C)c2nc1Cl. The molecular weight excluding hydrogens is 336 g/mol. The van der Waals surface area contributed by atoms with Crippen LogP contribution in [0.1, 0.15) is 35.8 Å². The maximum absolute atomic E-state index is 12.3. The van der Waals surface area contributed by atoms with Gasteiger partial charge in [-0.2, -0.15) is 0 Å². The van der Waals surface area contributed by atoms with Crippen LogP contribution in [0.15, 0.2) is 41.0 Å². The minimum absolute atomic E-state index is 0.0488. The van der Waals surface area contributed by atoms with Crippen LogP contribution in [0.5, 0.6) is 0 Å². The summed E-state index contributed by atoms with van der Waals surface area (Å²) in [5.74, 6) is 0.797. The fourth-order valence-corrected chi connectivity index (χ4v) is 3.07. The van der Waals surface area contributed by atoms with E-state index in [1.165, 1.54) is 5.56 Å². The Balaban J connectivity index is 1.95. The number of amides is 1. The van der Waals surface area contributed by atoms with Gasteiger partial charge in [-0.05, 0) is 43.2 Å². The lowest BCUT2D eigenvalue weighted by molar-refractivity contribution is -0.132. The molecule has 0 saturated heterocycles. The molecule has 0 N–H and O–H groups in total. The summed E-state index contributed by atoms with van der Waals surface area (Å²) in [6.07, 6.45) is 2.04. The fourth-order valence-electron chi connectivity index (χ4n) is 2.87. The highest BCUT2D eigenvalue weighted by molar-refractivity contribution is 6.30. The molecule has 0 fully saturated rings. The van der Waals surface area contributed by atoms with Crippen molar-refractivity contribution in [3.8, 4) is 0 Å². The van der Waals surface area contributed by atoms with Gasteiger partial charge in [-0.15, -0.1) is 0 Å². The zero-order valence-electron chi connectivity index (χ0n) is 14.7. The third kappa shape index (κ3) is 3.69. The van der Waals surface area contributed by atoms with E-state index in [0.29, 0.717) is 24.7 Å². The first-order valence-electron chi connectivity index (χ1n) is 8.35. The number of hydrogen-bond acceptors (Lipinski definition) is 3. The molecule has 130 valence electrons. The summed E-state index contributed by atoms with van der Waals surface area (Å²) in [6, 6.07) is 9.83. The van der Waals surface area contributed by atoms with Crippen molar-refractivity contribution in [2.75, 3.05) is 0 Å². The second-order valence-electron chi connectivity index (χ2n) is 6.20. The number of furan rings is 1. The van der Waals surface area contributed by atoms with E-state index in [1.807, 2.05) is 38.1 Å². The maximum atomic E-state index is 12.3. The minimum atomic E-state index is 0.0488. The lowest BCUT2D eigenvalue weighted by atomic mass is 10.0. The quantitative estimate of drug-likeness (QED) is 0.602. The molecule has 3 rings (SSSR count). The van der Waals surface area contributed by atoms with Crippen LogP contribution in [0.4, 0.5) is 0 Å². The smallest absolute Gasteiger partial charge is 0.222 e. The van der Waals surface area contributed by atoms with Gasteiger partial charge in [0, 0.05) is 23.9 Å². The van der Waals surface area contributed by atoms with E-state index in [0.717, 1.165) is 27.8 Å². The molecule has 4 nitrogen and oxygen atoms in total. The third-order valence-electron chi connectivity index (χ3n) is 4.48. The van der Waals surface area contributed by atoms with Crippen LogP contribution in [-0.4, -0.2) is 15.8 Å².